The third kappa shape index (κ3) is 3.32. The van der Waals surface area contributed by atoms with Crippen LogP contribution in [0.4, 0.5) is 0 Å². The van der Waals surface area contributed by atoms with Crippen molar-refractivity contribution in [3.63, 3.8) is 0 Å². The minimum atomic E-state index is 0.107. The molecule has 2 amide bonds. The molecule has 1 heterocycles. The summed E-state index contributed by atoms with van der Waals surface area (Å²) in [5, 5.41) is 3.12. The van der Waals surface area contributed by atoms with Gasteiger partial charge in [-0.2, -0.15) is 0 Å². The monoisotopic (exact) mass is 300 g/mol. The molecule has 3 rings (SSSR count). The summed E-state index contributed by atoms with van der Waals surface area (Å²) in [7, 11) is 0. The molecule has 1 aliphatic carbocycles. The predicted molar refractivity (Wildman–Crippen MR) is 85.7 cm³/mol. The van der Waals surface area contributed by atoms with E-state index < -0.39 is 0 Å². The zero-order chi connectivity index (χ0) is 15.7. The third-order valence-electron chi connectivity index (χ3n) is 4.83. The molecule has 0 spiro atoms. The van der Waals surface area contributed by atoms with Crippen molar-refractivity contribution in [2.75, 3.05) is 13.1 Å². The maximum absolute atomic E-state index is 12.5. The van der Waals surface area contributed by atoms with E-state index in [4.69, 9.17) is 0 Å². The maximum Gasteiger partial charge on any atom is 0.253 e. The quantitative estimate of drug-likeness (QED) is 0.932. The molecule has 1 N–H and O–H groups in total. The molecule has 22 heavy (non-hydrogen) atoms. The van der Waals surface area contributed by atoms with Gasteiger partial charge in [-0.25, -0.2) is 0 Å². The highest BCUT2D eigenvalue weighted by atomic mass is 16.2. The molecule has 4 nitrogen and oxygen atoms in total. The number of nitrogens with one attached hydrogen (secondary N) is 1. The van der Waals surface area contributed by atoms with E-state index in [1.54, 1.807) is 0 Å². The molecule has 2 fully saturated rings. The van der Waals surface area contributed by atoms with Crippen LogP contribution in [0.2, 0.25) is 0 Å². The zero-order valence-corrected chi connectivity index (χ0v) is 13.4. The fraction of sp³-hybridized carbons (Fsp3) is 0.556. The van der Waals surface area contributed by atoms with E-state index >= 15 is 0 Å². The van der Waals surface area contributed by atoms with Gasteiger partial charge < -0.3 is 10.2 Å². The second-order valence-electron chi connectivity index (χ2n) is 6.65. The molecule has 118 valence electrons. The van der Waals surface area contributed by atoms with Crippen molar-refractivity contribution in [2.24, 2.45) is 5.92 Å². The highest BCUT2D eigenvalue weighted by Gasteiger charge is 2.32. The summed E-state index contributed by atoms with van der Waals surface area (Å²) >= 11 is 0. The number of carbonyl (C=O) groups excluding carboxylic acids is 2. The highest BCUT2D eigenvalue weighted by Crippen LogP contribution is 2.29. The molecule has 1 saturated carbocycles. The minimum Gasteiger partial charge on any atom is -0.353 e. The van der Waals surface area contributed by atoms with Crippen LogP contribution in [0.5, 0.6) is 0 Å². The van der Waals surface area contributed by atoms with Gasteiger partial charge >= 0.3 is 0 Å². The molecule has 0 unspecified atom stereocenters. The van der Waals surface area contributed by atoms with Gasteiger partial charge in [-0.1, -0.05) is 6.07 Å². The Kier molecular flexibility index (Phi) is 4.19. The lowest BCUT2D eigenvalue weighted by molar-refractivity contribution is -0.123. The van der Waals surface area contributed by atoms with Crippen molar-refractivity contribution in [1.82, 2.24) is 10.2 Å². The van der Waals surface area contributed by atoms with E-state index in [1.165, 1.54) is 5.56 Å². The van der Waals surface area contributed by atoms with Crippen LogP contribution in [0, 0.1) is 19.8 Å². The Hall–Kier alpha value is -1.84. The first kappa shape index (κ1) is 15.1. The molecule has 0 bridgehead atoms. The maximum atomic E-state index is 12.5. The molecule has 0 aromatic heterocycles. The van der Waals surface area contributed by atoms with Gasteiger partial charge in [-0.15, -0.1) is 0 Å². The Morgan fingerprint density at radius 1 is 1.05 bits per heavy atom. The molecule has 0 atom stereocenters. The summed E-state index contributed by atoms with van der Waals surface area (Å²) in [6, 6.07) is 6.12. The summed E-state index contributed by atoms with van der Waals surface area (Å²) in [6.45, 7) is 5.53. The van der Waals surface area contributed by atoms with E-state index in [2.05, 4.69) is 12.2 Å². The van der Waals surface area contributed by atoms with Crippen molar-refractivity contribution in [1.29, 1.82) is 0 Å². The van der Waals surface area contributed by atoms with Gasteiger partial charge in [0.1, 0.15) is 0 Å². The molecular formula is C18H24N2O2. The summed E-state index contributed by atoms with van der Waals surface area (Å²) in [4.78, 5) is 26.2. The van der Waals surface area contributed by atoms with Crippen molar-refractivity contribution < 1.29 is 9.59 Å². The molecule has 4 heteroatoms. The largest absolute Gasteiger partial charge is 0.353 e. The number of likely N-dealkylation sites (tertiary alicyclic amines) is 1. The van der Waals surface area contributed by atoms with Crippen LogP contribution >= 0.6 is 0 Å². The van der Waals surface area contributed by atoms with Gasteiger partial charge in [-0.3, -0.25) is 9.59 Å². The Labute approximate surface area is 131 Å². The van der Waals surface area contributed by atoms with E-state index in [9.17, 15) is 9.59 Å². The van der Waals surface area contributed by atoms with Crippen LogP contribution < -0.4 is 5.32 Å². The average Bonchev–Trinajstić information content (AvgIpc) is 3.35. The average molecular weight is 300 g/mol. The summed E-state index contributed by atoms with van der Waals surface area (Å²) in [6.07, 6.45) is 3.79. The Morgan fingerprint density at radius 2 is 1.73 bits per heavy atom. The van der Waals surface area contributed by atoms with Crippen LogP contribution in [0.15, 0.2) is 18.2 Å². The second kappa shape index (κ2) is 6.11. The number of aryl methyl sites for hydroxylation is 2. The van der Waals surface area contributed by atoms with E-state index in [0.717, 1.165) is 49.9 Å². The third-order valence-corrected chi connectivity index (χ3v) is 4.83. The number of rotatable bonds is 3. The summed E-state index contributed by atoms with van der Waals surface area (Å²) < 4.78 is 0. The van der Waals surface area contributed by atoms with E-state index in [-0.39, 0.29) is 23.8 Å². The number of hydrogen-bond donors (Lipinski definition) is 1. The van der Waals surface area contributed by atoms with Crippen molar-refractivity contribution >= 4 is 11.8 Å². The van der Waals surface area contributed by atoms with Crippen LogP contribution in [0.3, 0.4) is 0 Å². The number of piperidine rings is 1. The van der Waals surface area contributed by atoms with Gasteiger partial charge in [0, 0.05) is 30.6 Å². The number of benzene rings is 1. The Bertz CT molecular complexity index is 585. The van der Waals surface area contributed by atoms with E-state index in [0.29, 0.717) is 0 Å². The van der Waals surface area contributed by atoms with E-state index in [1.807, 2.05) is 30.0 Å². The smallest absolute Gasteiger partial charge is 0.253 e. The van der Waals surface area contributed by atoms with Crippen LogP contribution in [0.1, 0.15) is 47.2 Å². The zero-order valence-electron chi connectivity index (χ0n) is 13.4. The topological polar surface area (TPSA) is 49.4 Å². The lowest BCUT2D eigenvalue weighted by Gasteiger charge is -2.32. The standard InChI is InChI=1S/C18H24N2O2/c1-12-3-4-15(11-13(12)2)18(22)20-9-7-16(8-10-20)19-17(21)14-5-6-14/h3-4,11,14,16H,5-10H2,1-2H3,(H,19,21). The second-order valence-corrected chi connectivity index (χ2v) is 6.65. The molecule has 1 aliphatic heterocycles. The van der Waals surface area contributed by atoms with Crippen molar-refractivity contribution in [2.45, 2.75) is 45.6 Å². The SMILES string of the molecule is Cc1ccc(C(=O)N2CCC(NC(=O)C3CC3)CC2)cc1C. The van der Waals surface area contributed by atoms with Crippen molar-refractivity contribution in [3.05, 3.63) is 34.9 Å². The van der Waals surface area contributed by atoms with Gasteiger partial charge in [0.05, 0.1) is 0 Å². The number of carbonyl (C=O) groups is 2. The fourth-order valence-corrected chi connectivity index (χ4v) is 2.95. The Balaban J connectivity index is 1.54. The van der Waals surface area contributed by atoms with Gasteiger partial charge in [0.15, 0.2) is 0 Å². The normalized spacial score (nSPS) is 19.1. The predicted octanol–water partition coefficient (Wildman–Crippen LogP) is 2.43. The molecule has 1 aromatic rings. The van der Waals surface area contributed by atoms with Gasteiger partial charge in [0.2, 0.25) is 5.91 Å². The minimum absolute atomic E-state index is 0.107. The summed E-state index contributed by atoms with van der Waals surface area (Å²) in [5.41, 5.74) is 3.12. The fourth-order valence-electron chi connectivity index (χ4n) is 2.95. The van der Waals surface area contributed by atoms with Gasteiger partial charge in [-0.05, 0) is 62.8 Å². The molecule has 0 radical (unpaired) electrons. The number of nitrogens with zero attached hydrogens (tertiary/aromatic N) is 1. The van der Waals surface area contributed by atoms with Crippen LogP contribution in [0.25, 0.3) is 0 Å². The molecule has 2 aliphatic rings. The molecule has 1 saturated heterocycles. The highest BCUT2D eigenvalue weighted by molar-refractivity contribution is 5.94. The summed E-state index contributed by atoms with van der Waals surface area (Å²) in [5.74, 6) is 0.573. The molecule has 1 aromatic carbocycles. The Morgan fingerprint density at radius 3 is 2.32 bits per heavy atom. The lowest BCUT2D eigenvalue weighted by atomic mass is 10.0. The first-order valence-electron chi connectivity index (χ1n) is 8.21. The first-order valence-corrected chi connectivity index (χ1v) is 8.21. The lowest BCUT2D eigenvalue weighted by Crippen LogP contribution is -2.46. The van der Waals surface area contributed by atoms with Gasteiger partial charge in [0.25, 0.3) is 5.91 Å². The number of amides is 2. The van der Waals surface area contributed by atoms with Crippen LogP contribution in [-0.2, 0) is 4.79 Å². The number of hydrogen-bond acceptors (Lipinski definition) is 2. The first-order chi connectivity index (χ1) is 10.5. The van der Waals surface area contributed by atoms with Crippen LogP contribution in [-0.4, -0.2) is 35.8 Å². The molecular weight excluding hydrogens is 276 g/mol. The van der Waals surface area contributed by atoms with Crippen molar-refractivity contribution in [3.8, 4) is 0 Å².